The minimum absolute atomic E-state index is 0.124. The third-order valence-corrected chi connectivity index (χ3v) is 3.68. The highest BCUT2D eigenvalue weighted by Crippen LogP contribution is 2.26. The first-order valence-electron chi connectivity index (χ1n) is 6.65. The van der Waals surface area contributed by atoms with Gasteiger partial charge in [-0.2, -0.15) is 5.10 Å². The average molecular weight is 282 g/mol. The zero-order valence-electron chi connectivity index (χ0n) is 11.6. The van der Waals surface area contributed by atoms with Gasteiger partial charge in [0, 0.05) is 13.0 Å². The zero-order chi connectivity index (χ0) is 13.8. The molecule has 1 N–H and O–H groups in total. The molecule has 0 aliphatic heterocycles. The molecule has 2 rings (SSSR count). The number of rotatable bonds is 6. The molecule has 104 valence electrons. The summed E-state index contributed by atoms with van der Waals surface area (Å²) in [5.74, 6) is 0.930. The lowest BCUT2D eigenvalue weighted by molar-refractivity contribution is 0.408. The molecule has 2 heterocycles. The number of likely N-dealkylation sites (N-methyl/N-ethyl adjacent to an activating group) is 1. The van der Waals surface area contributed by atoms with Crippen LogP contribution in [0, 0.1) is 6.92 Å². The summed E-state index contributed by atoms with van der Waals surface area (Å²) in [6, 6.07) is 4.02. The maximum absolute atomic E-state index is 6.36. The third-order valence-electron chi connectivity index (χ3n) is 3.19. The van der Waals surface area contributed by atoms with E-state index in [0.717, 1.165) is 41.7 Å². The minimum Gasteiger partial charge on any atom is -0.468 e. The van der Waals surface area contributed by atoms with E-state index in [4.69, 9.17) is 16.0 Å². The number of hydrogen-bond acceptors (Lipinski definition) is 3. The van der Waals surface area contributed by atoms with Crippen LogP contribution < -0.4 is 5.32 Å². The van der Waals surface area contributed by atoms with Crippen LogP contribution in [-0.2, 0) is 13.0 Å². The number of aryl methyl sites for hydroxylation is 2. The highest BCUT2D eigenvalue weighted by atomic mass is 35.5. The van der Waals surface area contributed by atoms with Crippen molar-refractivity contribution in [2.45, 2.75) is 39.8 Å². The first-order valence-corrected chi connectivity index (χ1v) is 7.03. The molecule has 4 nitrogen and oxygen atoms in total. The normalized spacial score (nSPS) is 12.8. The maximum Gasteiger partial charge on any atom is 0.121 e. The molecule has 2 aromatic heterocycles. The topological polar surface area (TPSA) is 43.0 Å². The molecule has 19 heavy (non-hydrogen) atoms. The number of halogens is 1. The molecule has 0 aliphatic carbocycles. The van der Waals surface area contributed by atoms with Crippen LogP contribution in [0.5, 0.6) is 0 Å². The Morgan fingerprint density at radius 2 is 2.26 bits per heavy atom. The molecule has 0 bridgehead atoms. The molecule has 0 saturated carbocycles. The Balaban J connectivity index is 2.27. The second-order valence-corrected chi connectivity index (χ2v) is 4.87. The van der Waals surface area contributed by atoms with Crippen molar-refractivity contribution in [2.24, 2.45) is 0 Å². The number of furan rings is 1. The first-order chi connectivity index (χ1) is 9.17. The Hall–Kier alpha value is -1.26. The molecule has 1 unspecified atom stereocenters. The quantitative estimate of drug-likeness (QED) is 0.883. The van der Waals surface area contributed by atoms with E-state index in [-0.39, 0.29) is 6.04 Å². The Morgan fingerprint density at radius 3 is 2.84 bits per heavy atom. The zero-order valence-corrected chi connectivity index (χ0v) is 12.4. The lowest BCUT2D eigenvalue weighted by Gasteiger charge is -2.16. The maximum atomic E-state index is 6.36. The predicted molar refractivity (Wildman–Crippen MR) is 76.5 cm³/mol. The van der Waals surface area contributed by atoms with E-state index < -0.39 is 0 Å². The van der Waals surface area contributed by atoms with Crippen molar-refractivity contribution in [3.05, 3.63) is 40.6 Å². The highest BCUT2D eigenvalue weighted by molar-refractivity contribution is 6.31. The molecule has 0 amide bonds. The van der Waals surface area contributed by atoms with Crippen LogP contribution >= 0.6 is 11.6 Å². The van der Waals surface area contributed by atoms with Gasteiger partial charge in [-0.3, -0.25) is 4.68 Å². The van der Waals surface area contributed by atoms with Gasteiger partial charge in [0.2, 0.25) is 0 Å². The number of hydrogen-bond donors (Lipinski definition) is 1. The second kappa shape index (κ2) is 6.26. The summed E-state index contributed by atoms with van der Waals surface area (Å²) in [6.07, 6.45) is 2.47. The van der Waals surface area contributed by atoms with E-state index in [1.807, 2.05) is 23.7 Å². The van der Waals surface area contributed by atoms with Crippen LogP contribution in [0.1, 0.15) is 37.0 Å². The molecular weight excluding hydrogens is 262 g/mol. The summed E-state index contributed by atoms with van der Waals surface area (Å²) < 4.78 is 7.47. The Morgan fingerprint density at radius 1 is 1.47 bits per heavy atom. The summed E-state index contributed by atoms with van der Waals surface area (Å²) >= 11 is 6.36. The van der Waals surface area contributed by atoms with Crippen molar-refractivity contribution in [1.29, 1.82) is 0 Å². The summed E-state index contributed by atoms with van der Waals surface area (Å²) in [5.41, 5.74) is 1.94. The van der Waals surface area contributed by atoms with E-state index in [2.05, 4.69) is 24.3 Å². The van der Waals surface area contributed by atoms with Gasteiger partial charge in [-0.05, 0) is 32.5 Å². The van der Waals surface area contributed by atoms with Crippen LogP contribution in [0.4, 0.5) is 0 Å². The smallest absolute Gasteiger partial charge is 0.121 e. The van der Waals surface area contributed by atoms with Crippen LogP contribution in [0.15, 0.2) is 22.8 Å². The van der Waals surface area contributed by atoms with Gasteiger partial charge in [0.1, 0.15) is 5.76 Å². The van der Waals surface area contributed by atoms with Crippen molar-refractivity contribution in [3.8, 4) is 0 Å². The van der Waals surface area contributed by atoms with Crippen molar-refractivity contribution < 1.29 is 4.42 Å². The van der Waals surface area contributed by atoms with E-state index in [9.17, 15) is 0 Å². The van der Waals surface area contributed by atoms with E-state index in [0.29, 0.717) is 0 Å². The number of nitrogens with one attached hydrogen (secondary N) is 1. The molecule has 0 radical (unpaired) electrons. The second-order valence-electron chi connectivity index (χ2n) is 4.49. The molecule has 0 spiro atoms. The molecule has 0 fully saturated rings. The van der Waals surface area contributed by atoms with E-state index in [1.54, 1.807) is 6.26 Å². The van der Waals surface area contributed by atoms with Crippen LogP contribution in [0.2, 0.25) is 5.02 Å². The SMILES string of the molecule is CCNC(Cc1c(Cl)c(C)nn1CC)c1ccco1. The Bertz CT molecular complexity index is 519. The number of aromatic nitrogens is 2. The van der Waals surface area contributed by atoms with E-state index >= 15 is 0 Å². The van der Waals surface area contributed by atoms with Gasteiger partial charge >= 0.3 is 0 Å². The van der Waals surface area contributed by atoms with Gasteiger partial charge < -0.3 is 9.73 Å². The van der Waals surface area contributed by atoms with Gasteiger partial charge in [0.05, 0.1) is 28.7 Å². The Labute approximate surface area is 118 Å². The standard InChI is InChI=1S/C14H20ClN3O/c1-4-16-11(13-7-6-8-19-13)9-12-14(15)10(3)17-18(12)5-2/h6-8,11,16H,4-5,9H2,1-3H3. The fraction of sp³-hybridized carbons (Fsp3) is 0.500. The van der Waals surface area contributed by atoms with Crippen molar-refractivity contribution in [1.82, 2.24) is 15.1 Å². The molecule has 0 aromatic carbocycles. The highest BCUT2D eigenvalue weighted by Gasteiger charge is 2.20. The first kappa shape index (κ1) is 14.2. The molecule has 0 saturated heterocycles. The summed E-state index contributed by atoms with van der Waals surface area (Å²) in [7, 11) is 0. The summed E-state index contributed by atoms with van der Waals surface area (Å²) in [6.45, 7) is 7.79. The van der Waals surface area contributed by atoms with Gasteiger partial charge in [-0.25, -0.2) is 0 Å². The van der Waals surface area contributed by atoms with Gasteiger partial charge in [-0.1, -0.05) is 18.5 Å². The fourth-order valence-corrected chi connectivity index (χ4v) is 2.48. The number of nitrogens with zero attached hydrogens (tertiary/aromatic N) is 2. The minimum atomic E-state index is 0.124. The summed E-state index contributed by atoms with van der Waals surface area (Å²) in [4.78, 5) is 0. The fourth-order valence-electron chi connectivity index (χ4n) is 2.27. The van der Waals surface area contributed by atoms with Crippen molar-refractivity contribution in [3.63, 3.8) is 0 Å². The molecule has 5 heteroatoms. The monoisotopic (exact) mass is 281 g/mol. The van der Waals surface area contributed by atoms with E-state index in [1.165, 1.54) is 0 Å². The van der Waals surface area contributed by atoms with Crippen LogP contribution in [0.3, 0.4) is 0 Å². The molecule has 0 aliphatic rings. The largest absolute Gasteiger partial charge is 0.468 e. The predicted octanol–water partition coefficient (Wildman–Crippen LogP) is 3.35. The van der Waals surface area contributed by atoms with Crippen molar-refractivity contribution >= 4 is 11.6 Å². The van der Waals surface area contributed by atoms with Crippen molar-refractivity contribution in [2.75, 3.05) is 6.54 Å². The third kappa shape index (κ3) is 3.01. The Kier molecular flexibility index (Phi) is 4.66. The lowest BCUT2D eigenvalue weighted by atomic mass is 10.1. The van der Waals surface area contributed by atoms with Gasteiger partial charge in [0.25, 0.3) is 0 Å². The van der Waals surface area contributed by atoms with Gasteiger partial charge in [-0.15, -0.1) is 0 Å². The van der Waals surface area contributed by atoms with Gasteiger partial charge in [0.15, 0.2) is 0 Å². The molecule has 1 atom stereocenters. The molecular formula is C14H20ClN3O. The lowest BCUT2D eigenvalue weighted by Crippen LogP contribution is -2.23. The van der Waals surface area contributed by atoms with Crippen LogP contribution in [-0.4, -0.2) is 16.3 Å². The average Bonchev–Trinajstić information content (AvgIpc) is 3.01. The summed E-state index contributed by atoms with van der Waals surface area (Å²) in [5, 5.41) is 8.64. The van der Waals surface area contributed by atoms with Crippen LogP contribution in [0.25, 0.3) is 0 Å². The molecule has 2 aromatic rings.